The summed E-state index contributed by atoms with van der Waals surface area (Å²) >= 11 is 7.51. The molecule has 0 N–H and O–H groups in total. The van der Waals surface area contributed by atoms with E-state index in [-0.39, 0.29) is 0 Å². The van der Waals surface area contributed by atoms with E-state index in [4.69, 9.17) is 11.6 Å². The highest BCUT2D eigenvalue weighted by molar-refractivity contribution is 7.99. The van der Waals surface area contributed by atoms with Gasteiger partial charge in [0, 0.05) is 28.5 Å². The molecule has 1 aromatic carbocycles. The Labute approximate surface area is 112 Å². The van der Waals surface area contributed by atoms with E-state index >= 15 is 0 Å². The van der Waals surface area contributed by atoms with Crippen LogP contribution in [0.25, 0.3) is 10.9 Å². The maximum atomic E-state index is 6.02. The van der Waals surface area contributed by atoms with Crippen LogP contribution in [0.4, 0.5) is 0 Å². The minimum Gasteiger partial charge on any atom is -0.256 e. The molecule has 7 heteroatoms. The summed E-state index contributed by atoms with van der Waals surface area (Å²) in [6.07, 6.45) is 1.77. The van der Waals surface area contributed by atoms with Gasteiger partial charge in [0.2, 0.25) is 5.16 Å². The maximum absolute atomic E-state index is 6.02. The van der Waals surface area contributed by atoms with Crippen LogP contribution < -0.4 is 0 Å². The first-order valence-electron chi connectivity index (χ1n) is 5.18. The average molecular weight is 278 g/mol. The van der Waals surface area contributed by atoms with Gasteiger partial charge in [-0.05, 0) is 46.5 Å². The molecule has 0 atom stereocenters. The fourth-order valence-corrected chi connectivity index (χ4v) is 2.61. The fraction of sp³-hybridized carbons (Fsp3) is 0.0909. The monoisotopic (exact) mass is 277 g/mol. The number of pyridine rings is 1. The van der Waals surface area contributed by atoms with Crippen LogP contribution in [0.3, 0.4) is 0 Å². The molecule has 2 heterocycles. The van der Waals surface area contributed by atoms with Gasteiger partial charge in [0.05, 0.1) is 5.52 Å². The number of aromatic nitrogens is 5. The lowest BCUT2D eigenvalue weighted by atomic mass is 10.2. The van der Waals surface area contributed by atoms with Gasteiger partial charge in [0.1, 0.15) is 0 Å². The lowest BCUT2D eigenvalue weighted by molar-refractivity contribution is 0.664. The molecule has 3 aromatic rings. The Hall–Kier alpha value is -1.66. The number of benzene rings is 1. The van der Waals surface area contributed by atoms with Crippen LogP contribution in [0.1, 0.15) is 0 Å². The molecule has 0 spiro atoms. The summed E-state index contributed by atoms with van der Waals surface area (Å²) in [5.41, 5.74) is 0.902. The molecular weight excluding hydrogens is 270 g/mol. The van der Waals surface area contributed by atoms with Gasteiger partial charge in [0.25, 0.3) is 0 Å². The predicted molar refractivity (Wildman–Crippen MR) is 69.7 cm³/mol. The number of hydrogen-bond donors (Lipinski definition) is 0. The molecule has 0 aliphatic carbocycles. The molecule has 18 heavy (non-hydrogen) atoms. The first-order chi connectivity index (χ1) is 8.74. The number of tetrazole rings is 1. The van der Waals surface area contributed by atoms with Gasteiger partial charge in [-0.3, -0.25) is 4.98 Å². The number of halogens is 1. The lowest BCUT2D eigenvalue weighted by Gasteiger charge is -2.04. The molecule has 0 aliphatic heterocycles. The second-order valence-electron chi connectivity index (χ2n) is 3.66. The topological polar surface area (TPSA) is 56.5 Å². The van der Waals surface area contributed by atoms with E-state index in [0.717, 1.165) is 21.0 Å². The number of rotatable bonds is 2. The van der Waals surface area contributed by atoms with Crippen LogP contribution in [0.15, 0.2) is 40.5 Å². The quantitative estimate of drug-likeness (QED) is 0.720. The normalized spacial score (nSPS) is 11.0. The van der Waals surface area contributed by atoms with Crippen molar-refractivity contribution < 1.29 is 0 Å². The van der Waals surface area contributed by atoms with Crippen molar-refractivity contribution in [1.29, 1.82) is 0 Å². The van der Waals surface area contributed by atoms with E-state index in [1.54, 1.807) is 17.9 Å². The van der Waals surface area contributed by atoms with Crippen molar-refractivity contribution >= 4 is 34.3 Å². The van der Waals surface area contributed by atoms with Crippen molar-refractivity contribution in [3.63, 3.8) is 0 Å². The molecule has 3 rings (SSSR count). The zero-order chi connectivity index (χ0) is 12.5. The standard InChI is InChI=1S/C11H8ClN5S/c1-17-11(14-15-16-17)18-10-4-5-13-9-3-2-7(12)6-8(9)10/h2-6H,1H3. The van der Waals surface area contributed by atoms with Crippen molar-refractivity contribution in [3.8, 4) is 0 Å². The summed E-state index contributed by atoms with van der Waals surface area (Å²) in [5, 5.41) is 13.8. The Kier molecular flexibility index (Phi) is 2.89. The van der Waals surface area contributed by atoms with E-state index in [1.165, 1.54) is 11.8 Å². The molecule has 0 fully saturated rings. The van der Waals surface area contributed by atoms with Gasteiger partial charge in [-0.1, -0.05) is 11.6 Å². The molecule has 0 saturated carbocycles. The van der Waals surface area contributed by atoms with E-state index in [2.05, 4.69) is 20.5 Å². The minimum absolute atomic E-state index is 0.688. The SMILES string of the molecule is Cn1nnnc1Sc1ccnc2ccc(Cl)cc12. The third kappa shape index (κ3) is 2.04. The fourth-order valence-electron chi connectivity index (χ4n) is 1.59. The summed E-state index contributed by atoms with van der Waals surface area (Å²) in [4.78, 5) is 5.33. The maximum Gasteiger partial charge on any atom is 0.213 e. The van der Waals surface area contributed by atoms with Crippen LogP contribution >= 0.6 is 23.4 Å². The highest BCUT2D eigenvalue weighted by Crippen LogP contribution is 2.32. The van der Waals surface area contributed by atoms with Crippen molar-refractivity contribution in [1.82, 2.24) is 25.2 Å². The van der Waals surface area contributed by atoms with E-state index < -0.39 is 0 Å². The molecular formula is C11H8ClN5S. The molecule has 0 unspecified atom stereocenters. The molecule has 0 aliphatic rings. The van der Waals surface area contributed by atoms with Gasteiger partial charge >= 0.3 is 0 Å². The Morgan fingerprint density at radius 3 is 2.94 bits per heavy atom. The Balaban J connectivity index is 2.11. The molecule has 0 saturated heterocycles. The lowest BCUT2D eigenvalue weighted by Crippen LogP contribution is -1.93. The molecule has 5 nitrogen and oxygen atoms in total. The Morgan fingerprint density at radius 1 is 1.28 bits per heavy atom. The zero-order valence-electron chi connectivity index (χ0n) is 9.41. The number of hydrogen-bond acceptors (Lipinski definition) is 5. The van der Waals surface area contributed by atoms with E-state index in [0.29, 0.717) is 5.02 Å². The third-order valence-electron chi connectivity index (χ3n) is 2.45. The van der Waals surface area contributed by atoms with Crippen LogP contribution in [-0.2, 0) is 7.05 Å². The van der Waals surface area contributed by atoms with E-state index in [9.17, 15) is 0 Å². The van der Waals surface area contributed by atoms with Crippen LogP contribution in [0.2, 0.25) is 5.02 Å². The minimum atomic E-state index is 0.688. The van der Waals surface area contributed by atoms with Gasteiger partial charge in [-0.2, -0.15) is 0 Å². The Morgan fingerprint density at radius 2 is 2.17 bits per heavy atom. The summed E-state index contributed by atoms with van der Waals surface area (Å²) in [6, 6.07) is 7.56. The number of nitrogens with zero attached hydrogens (tertiary/aromatic N) is 5. The predicted octanol–water partition coefficient (Wildman–Crippen LogP) is 2.56. The van der Waals surface area contributed by atoms with Gasteiger partial charge < -0.3 is 0 Å². The van der Waals surface area contributed by atoms with Crippen molar-refractivity contribution in [2.24, 2.45) is 7.05 Å². The largest absolute Gasteiger partial charge is 0.256 e. The second-order valence-corrected chi connectivity index (χ2v) is 5.10. The smallest absolute Gasteiger partial charge is 0.213 e. The molecule has 2 aromatic heterocycles. The first-order valence-corrected chi connectivity index (χ1v) is 6.38. The summed E-state index contributed by atoms with van der Waals surface area (Å²) < 4.78 is 1.63. The second kappa shape index (κ2) is 4.55. The highest BCUT2D eigenvalue weighted by atomic mass is 35.5. The molecule has 0 amide bonds. The Bertz CT molecular complexity index is 711. The summed E-state index contributed by atoms with van der Waals surface area (Å²) in [6.45, 7) is 0. The number of aryl methyl sites for hydroxylation is 1. The summed E-state index contributed by atoms with van der Waals surface area (Å²) in [5.74, 6) is 0. The average Bonchev–Trinajstić information content (AvgIpc) is 2.76. The number of fused-ring (bicyclic) bond motifs is 1. The molecule has 0 bridgehead atoms. The first kappa shape index (κ1) is 11.4. The van der Waals surface area contributed by atoms with Gasteiger partial charge in [0.15, 0.2) is 0 Å². The van der Waals surface area contributed by atoms with Crippen LogP contribution in [-0.4, -0.2) is 25.2 Å². The third-order valence-corrected chi connectivity index (χ3v) is 3.79. The van der Waals surface area contributed by atoms with E-state index in [1.807, 2.05) is 24.3 Å². The summed E-state index contributed by atoms with van der Waals surface area (Å²) in [7, 11) is 1.80. The van der Waals surface area contributed by atoms with Crippen LogP contribution in [0, 0.1) is 0 Å². The zero-order valence-corrected chi connectivity index (χ0v) is 11.0. The van der Waals surface area contributed by atoms with Crippen molar-refractivity contribution in [3.05, 3.63) is 35.5 Å². The highest BCUT2D eigenvalue weighted by Gasteiger charge is 2.09. The van der Waals surface area contributed by atoms with Gasteiger partial charge in [-0.25, -0.2) is 4.68 Å². The van der Waals surface area contributed by atoms with Crippen molar-refractivity contribution in [2.45, 2.75) is 10.1 Å². The van der Waals surface area contributed by atoms with Crippen LogP contribution in [0.5, 0.6) is 0 Å². The van der Waals surface area contributed by atoms with Gasteiger partial charge in [-0.15, -0.1) is 5.10 Å². The molecule has 0 radical (unpaired) electrons. The van der Waals surface area contributed by atoms with Crippen molar-refractivity contribution in [2.75, 3.05) is 0 Å². The molecule has 90 valence electrons.